The van der Waals surface area contributed by atoms with E-state index in [1.54, 1.807) is 6.07 Å². The van der Waals surface area contributed by atoms with Crippen molar-refractivity contribution < 1.29 is 4.79 Å². The minimum Gasteiger partial charge on any atom is -0.368 e. The molecule has 0 saturated heterocycles. The van der Waals surface area contributed by atoms with Gasteiger partial charge < -0.3 is 5.73 Å². The van der Waals surface area contributed by atoms with Crippen molar-refractivity contribution in [2.45, 2.75) is 0 Å². The van der Waals surface area contributed by atoms with Crippen LogP contribution in [0.15, 0.2) is 23.6 Å². The number of carbonyl (C=O) groups is 1. The Kier molecular flexibility index (Phi) is 2.80. The molecule has 0 bridgehead atoms. The monoisotopic (exact) mass is 235 g/mol. The Labute approximate surface area is 95.3 Å². The highest BCUT2D eigenvalue weighted by atomic mass is 32.1. The van der Waals surface area contributed by atoms with E-state index in [0.29, 0.717) is 5.69 Å². The van der Waals surface area contributed by atoms with Gasteiger partial charge in [0, 0.05) is 0 Å². The number of nitrogens with zero attached hydrogens (tertiary/aromatic N) is 2. The Balaban J connectivity index is 2.48. The molecule has 0 saturated carbocycles. The molecule has 2 aromatic heterocycles. The van der Waals surface area contributed by atoms with Crippen LogP contribution in [-0.4, -0.2) is 15.9 Å². The molecule has 6 nitrogen and oxygen atoms in total. The number of anilines is 1. The van der Waals surface area contributed by atoms with E-state index in [1.165, 1.54) is 11.3 Å². The molecule has 1 amide bonds. The first-order chi connectivity index (χ1) is 7.70. The van der Waals surface area contributed by atoms with Gasteiger partial charge in [-0.25, -0.2) is 15.8 Å². The summed E-state index contributed by atoms with van der Waals surface area (Å²) in [7, 11) is 0. The Hall–Kier alpha value is -1.99. The second-order valence-corrected chi connectivity index (χ2v) is 3.90. The normalized spacial score (nSPS) is 10.1. The number of rotatable bonds is 2. The zero-order valence-electron chi connectivity index (χ0n) is 8.18. The lowest BCUT2D eigenvalue weighted by Crippen LogP contribution is -2.31. The molecule has 7 heteroatoms. The summed E-state index contributed by atoms with van der Waals surface area (Å²) in [5.74, 6) is 4.58. The number of thiophene rings is 1. The zero-order chi connectivity index (χ0) is 11.5. The highest BCUT2D eigenvalue weighted by Gasteiger charge is 2.10. The third-order valence-corrected chi connectivity index (χ3v) is 2.77. The topological polar surface area (TPSA) is 107 Å². The average molecular weight is 235 g/mol. The summed E-state index contributed by atoms with van der Waals surface area (Å²) in [6.07, 6.45) is 0. The fraction of sp³-hybridized carbons (Fsp3) is 0. The largest absolute Gasteiger partial charge is 0.368 e. The molecule has 0 aliphatic heterocycles. The number of carbonyl (C=O) groups excluding carboxylic acids is 1. The quantitative estimate of drug-likeness (QED) is 0.396. The number of nitrogens with two attached hydrogens (primary N) is 2. The van der Waals surface area contributed by atoms with Gasteiger partial charge in [0.05, 0.1) is 10.6 Å². The first-order valence-corrected chi connectivity index (χ1v) is 5.28. The minimum absolute atomic E-state index is 0.0458. The van der Waals surface area contributed by atoms with Gasteiger partial charge in [0.2, 0.25) is 5.95 Å². The second-order valence-electron chi connectivity index (χ2n) is 2.95. The van der Waals surface area contributed by atoms with Gasteiger partial charge in [-0.1, -0.05) is 6.07 Å². The van der Waals surface area contributed by atoms with E-state index >= 15 is 0 Å². The maximum atomic E-state index is 11.3. The van der Waals surface area contributed by atoms with Crippen LogP contribution in [0.3, 0.4) is 0 Å². The fourth-order valence-corrected chi connectivity index (χ4v) is 1.89. The molecule has 0 aromatic carbocycles. The second kappa shape index (κ2) is 4.25. The molecule has 0 spiro atoms. The molecule has 0 aliphatic rings. The van der Waals surface area contributed by atoms with Crippen molar-refractivity contribution >= 4 is 23.2 Å². The minimum atomic E-state index is -0.494. The van der Waals surface area contributed by atoms with Crippen LogP contribution >= 0.6 is 11.3 Å². The van der Waals surface area contributed by atoms with Crippen molar-refractivity contribution in [3.8, 4) is 10.6 Å². The van der Waals surface area contributed by atoms with Crippen molar-refractivity contribution in [2.24, 2.45) is 5.84 Å². The summed E-state index contributed by atoms with van der Waals surface area (Å²) < 4.78 is 0. The van der Waals surface area contributed by atoms with E-state index in [9.17, 15) is 4.79 Å². The molecule has 16 heavy (non-hydrogen) atoms. The number of hydrazine groups is 1. The molecule has 0 unspecified atom stereocenters. The number of hydrogen-bond acceptors (Lipinski definition) is 6. The zero-order valence-corrected chi connectivity index (χ0v) is 8.99. The lowest BCUT2D eigenvalue weighted by atomic mass is 10.3. The van der Waals surface area contributed by atoms with Gasteiger partial charge in [-0.2, -0.15) is 0 Å². The number of nitrogen functional groups attached to an aromatic ring is 2. The maximum Gasteiger partial charge on any atom is 0.283 e. The van der Waals surface area contributed by atoms with Crippen LogP contribution in [0.2, 0.25) is 0 Å². The van der Waals surface area contributed by atoms with E-state index in [-0.39, 0.29) is 11.6 Å². The number of nitrogens with one attached hydrogen (secondary N) is 1. The Morgan fingerprint density at radius 3 is 2.88 bits per heavy atom. The van der Waals surface area contributed by atoms with Crippen LogP contribution in [0.4, 0.5) is 5.95 Å². The third-order valence-electron chi connectivity index (χ3n) is 1.88. The van der Waals surface area contributed by atoms with Crippen molar-refractivity contribution in [1.82, 2.24) is 15.4 Å². The van der Waals surface area contributed by atoms with E-state index in [4.69, 9.17) is 11.6 Å². The van der Waals surface area contributed by atoms with Crippen molar-refractivity contribution in [3.05, 3.63) is 29.3 Å². The number of hydrogen-bond donors (Lipinski definition) is 3. The van der Waals surface area contributed by atoms with Crippen LogP contribution in [-0.2, 0) is 0 Å². The molecule has 2 aromatic rings. The summed E-state index contributed by atoms with van der Waals surface area (Å²) in [4.78, 5) is 20.1. The highest BCUT2D eigenvalue weighted by molar-refractivity contribution is 7.13. The molecule has 2 rings (SSSR count). The van der Waals surface area contributed by atoms with Crippen molar-refractivity contribution in [2.75, 3.05) is 5.73 Å². The summed E-state index contributed by atoms with van der Waals surface area (Å²) in [5.41, 5.74) is 8.28. The fourth-order valence-electron chi connectivity index (χ4n) is 1.21. The first-order valence-electron chi connectivity index (χ1n) is 4.40. The lowest BCUT2D eigenvalue weighted by Gasteiger charge is -2.02. The standard InChI is InChI=1S/C9H9N5OS/c10-9-12-5(7-2-1-3-16-7)4-6(13-9)8(15)14-11/h1-4H,11H2,(H,14,15)(H2,10,12,13). The number of aromatic nitrogens is 2. The van der Waals surface area contributed by atoms with Crippen molar-refractivity contribution in [3.63, 3.8) is 0 Å². The molecule has 0 radical (unpaired) electrons. The highest BCUT2D eigenvalue weighted by Crippen LogP contribution is 2.23. The van der Waals surface area contributed by atoms with Gasteiger partial charge in [0.1, 0.15) is 5.69 Å². The van der Waals surface area contributed by atoms with Gasteiger partial charge >= 0.3 is 0 Å². The van der Waals surface area contributed by atoms with Gasteiger partial charge in [-0.05, 0) is 17.5 Å². The predicted octanol–water partition coefficient (Wildman–Crippen LogP) is 0.391. The van der Waals surface area contributed by atoms with E-state index in [0.717, 1.165) is 4.88 Å². The molecule has 0 aliphatic carbocycles. The van der Waals surface area contributed by atoms with E-state index < -0.39 is 5.91 Å². The van der Waals surface area contributed by atoms with E-state index in [2.05, 4.69) is 9.97 Å². The molecule has 0 atom stereocenters. The Morgan fingerprint density at radius 2 is 2.25 bits per heavy atom. The number of amides is 1. The third kappa shape index (κ3) is 2.00. The summed E-state index contributed by atoms with van der Waals surface area (Å²) >= 11 is 1.50. The van der Waals surface area contributed by atoms with Gasteiger partial charge in [0.25, 0.3) is 5.91 Å². The Bertz CT molecular complexity index is 511. The van der Waals surface area contributed by atoms with Crippen molar-refractivity contribution in [1.29, 1.82) is 0 Å². The lowest BCUT2D eigenvalue weighted by molar-refractivity contribution is 0.0948. The van der Waals surface area contributed by atoms with Crippen LogP contribution in [0.1, 0.15) is 10.5 Å². The van der Waals surface area contributed by atoms with Gasteiger partial charge in [-0.15, -0.1) is 11.3 Å². The Morgan fingerprint density at radius 1 is 1.44 bits per heavy atom. The summed E-state index contributed by atoms with van der Waals surface area (Å²) in [6.45, 7) is 0. The molecule has 82 valence electrons. The van der Waals surface area contributed by atoms with Gasteiger partial charge in [-0.3, -0.25) is 10.2 Å². The predicted molar refractivity (Wildman–Crippen MR) is 61.4 cm³/mol. The van der Waals surface area contributed by atoms with Crippen LogP contribution in [0, 0.1) is 0 Å². The summed E-state index contributed by atoms with van der Waals surface area (Å²) in [6, 6.07) is 5.32. The molecule has 2 heterocycles. The smallest absolute Gasteiger partial charge is 0.283 e. The molecule has 5 N–H and O–H groups in total. The maximum absolute atomic E-state index is 11.3. The molecular formula is C9H9N5OS. The molecule has 0 fully saturated rings. The van der Waals surface area contributed by atoms with Crippen LogP contribution < -0.4 is 17.0 Å². The van der Waals surface area contributed by atoms with Gasteiger partial charge in [0.15, 0.2) is 0 Å². The first kappa shape index (κ1) is 10.5. The SMILES string of the molecule is NNC(=O)c1cc(-c2cccs2)nc(N)n1. The average Bonchev–Trinajstić information content (AvgIpc) is 2.80. The summed E-state index contributed by atoms with van der Waals surface area (Å²) in [5, 5.41) is 1.91. The van der Waals surface area contributed by atoms with Crippen LogP contribution in [0.25, 0.3) is 10.6 Å². The van der Waals surface area contributed by atoms with E-state index in [1.807, 2.05) is 22.9 Å². The van der Waals surface area contributed by atoms with Crippen LogP contribution in [0.5, 0.6) is 0 Å². The molecular weight excluding hydrogens is 226 g/mol.